The number of carbonyl (C=O) groups excluding carboxylic acids is 3. The standard InChI is InChI=1S/C20H20ClNO6/c1-12(19(24)22-10-13-6-4-5-7-15(13)21)28-20(25)17-14(11-23)8-9-16(26-2)18(17)27-3/h4-9,11-12H,10H2,1-3H3,(H,22,24)/t12-/m0/s1. The molecule has 0 heterocycles. The number of nitrogens with one attached hydrogen (secondary N) is 1. The molecule has 2 rings (SSSR count). The highest BCUT2D eigenvalue weighted by molar-refractivity contribution is 6.31. The van der Waals surface area contributed by atoms with Gasteiger partial charge in [-0.15, -0.1) is 0 Å². The SMILES string of the molecule is COc1ccc(C=O)c(C(=O)O[C@@H](C)C(=O)NCc2ccccc2Cl)c1OC. The quantitative estimate of drug-likeness (QED) is 0.536. The summed E-state index contributed by atoms with van der Waals surface area (Å²) in [5, 5.41) is 3.17. The molecule has 148 valence electrons. The van der Waals surface area contributed by atoms with Crippen LogP contribution < -0.4 is 14.8 Å². The maximum Gasteiger partial charge on any atom is 0.343 e. The van der Waals surface area contributed by atoms with E-state index in [1.807, 2.05) is 0 Å². The Kier molecular flexibility index (Phi) is 7.40. The number of aldehydes is 1. The summed E-state index contributed by atoms with van der Waals surface area (Å²) in [5.41, 5.74) is 0.683. The van der Waals surface area contributed by atoms with Gasteiger partial charge in [0.1, 0.15) is 5.56 Å². The second-order valence-corrected chi connectivity index (χ2v) is 6.15. The summed E-state index contributed by atoms with van der Waals surface area (Å²) in [5.74, 6) is -1.07. The van der Waals surface area contributed by atoms with Crippen LogP contribution in [0.5, 0.6) is 11.5 Å². The first kappa shape index (κ1) is 21.2. The van der Waals surface area contributed by atoms with Crippen molar-refractivity contribution in [2.75, 3.05) is 14.2 Å². The molecule has 0 aliphatic rings. The molecule has 0 spiro atoms. The lowest BCUT2D eigenvalue weighted by Gasteiger charge is -2.17. The summed E-state index contributed by atoms with van der Waals surface area (Å²) in [4.78, 5) is 36.2. The molecule has 0 fully saturated rings. The van der Waals surface area contributed by atoms with Gasteiger partial charge in [0.05, 0.1) is 14.2 Å². The Bertz CT molecular complexity index is 883. The average Bonchev–Trinajstić information content (AvgIpc) is 2.71. The Hall–Kier alpha value is -3.06. The third-order valence-electron chi connectivity index (χ3n) is 3.97. The largest absolute Gasteiger partial charge is 0.493 e. The van der Waals surface area contributed by atoms with Gasteiger partial charge in [-0.25, -0.2) is 4.79 Å². The van der Waals surface area contributed by atoms with Crippen molar-refractivity contribution >= 4 is 29.8 Å². The third-order valence-corrected chi connectivity index (χ3v) is 4.34. The van der Waals surface area contributed by atoms with E-state index in [0.717, 1.165) is 5.56 Å². The normalized spacial score (nSPS) is 11.3. The molecule has 0 radical (unpaired) electrons. The van der Waals surface area contributed by atoms with Crippen molar-refractivity contribution in [1.29, 1.82) is 0 Å². The second-order valence-electron chi connectivity index (χ2n) is 5.74. The molecule has 1 N–H and O–H groups in total. The molecule has 0 unspecified atom stereocenters. The van der Waals surface area contributed by atoms with E-state index in [4.69, 9.17) is 25.8 Å². The average molecular weight is 406 g/mol. The minimum absolute atomic E-state index is 0.0563. The molecule has 0 aliphatic carbocycles. The Labute approximate surface area is 167 Å². The summed E-state index contributed by atoms with van der Waals surface area (Å²) >= 11 is 6.05. The van der Waals surface area contributed by atoms with Crippen molar-refractivity contribution in [2.45, 2.75) is 19.6 Å². The summed E-state index contributed by atoms with van der Waals surface area (Å²) in [6.45, 7) is 1.61. The summed E-state index contributed by atoms with van der Waals surface area (Å²) in [6.07, 6.45) is -0.605. The Balaban J connectivity index is 2.12. The molecule has 0 saturated heterocycles. The first-order chi connectivity index (χ1) is 13.4. The van der Waals surface area contributed by atoms with Gasteiger partial charge in [-0.1, -0.05) is 29.8 Å². The van der Waals surface area contributed by atoms with Crippen molar-refractivity contribution in [1.82, 2.24) is 5.32 Å². The number of rotatable bonds is 8. The number of hydrogen-bond acceptors (Lipinski definition) is 6. The van der Waals surface area contributed by atoms with Gasteiger partial charge in [0, 0.05) is 17.1 Å². The fourth-order valence-corrected chi connectivity index (χ4v) is 2.69. The van der Waals surface area contributed by atoms with E-state index in [1.54, 1.807) is 24.3 Å². The molecule has 0 aliphatic heterocycles. The number of benzene rings is 2. The van der Waals surface area contributed by atoms with Crippen LogP contribution in [0.2, 0.25) is 5.02 Å². The van der Waals surface area contributed by atoms with E-state index in [2.05, 4.69) is 5.32 Å². The molecule has 1 atom stereocenters. The number of ether oxygens (including phenoxy) is 3. The van der Waals surface area contributed by atoms with E-state index < -0.39 is 18.0 Å². The maximum absolute atomic E-state index is 12.6. The molecule has 0 saturated carbocycles. The number of esters is 1. The van der Waals surface area contributed by atoms with E-state index in [1.165, 1.54) is 33.3 Å². The lowest BCUT2D eigenvalue weighted by atomic mass is 10.1. The Morgan fingerprint density at radius 1 is 1.14 bits per heavy atom. The fraction of sp³-hybridized carbons (Fsp3) is 0.250. The topological polar surface area (TPSA) is 90.9 Å². The van der Waals surface area contributed by atoms with E-state index in [0.29, 0.717) is 11.3 Å². The molecule has 0 bridgehead atoms. The van der Waals surface area contributed by atoms with Crippen LogP contribution >= 0.6 is 11.6 Å². The fourth-order valence-electron chi connectivity index (χ4n) is 2.49. The second kappa shape index (κ2) is 9.75. The number of halogens is 1. The monoisotopic (exact) mass is 405 g/mol. The first-order valence-corrected chi connectivity index (χ1v) is 8.73. The summed E-state index contributed by atoms with van der Waals surface area (Å²) < 4.78 is 15.6. The van der Waals surface area contributed by atoms with Gasteiger partial charge in [0.25, 0.3) is 5.91 Å². The predicted octanol–water partition coefficient (Wildman–Crippen LogP) is 3.03. The summed E-state index contributed by atoms with van der Waals surface area (Å²) in [6, 6.07) is 9.97. The van der Waals surface area contributed by atoms with Crippen LogP contribution in [0.15, 0.2) is 36.4 Å². The highest BCUT2D eigenvalue weighted by Crippen LogP contribution is 2.33. The molecule has 7 nitrogen and oxygen atoms in total. The molecular formula is C20H20ClNO6. The summed E-state index contributed by atoms with van der Waals surface area (Å²) in [7, 11) is 2.74. The smallest absolute Gasteiger partial charge is 0.343 e. The lowest BCUT2D eigenvalue weighted by molar-refractivity contribution is -0.129. The molecule has 2 aromatic rings. The number of amides is 1. The van der Waals surface area contributed by atoms with Crippen LogP contribution in [-0.2, 0) is 16.1 Å². The maximum atomic E-state index is 12.6. The number of methoxy groups -OCH3 is 2. The van der Waals surface area contributed by atoms with Gasteiger partial charge in [-0.3, -0.25) is 9.59 Å². The van der Waals surface area contributed by atoms with Crippen LogP contribution in [0.25, 0.3) is 0 Å². The van der Waals surface area contributed by atoms with Gasteiger partial charge in [0.15, 0.2) is 23.9 Å². The minimum atomic E-state index is -1.11. The zero-order valence-electron chi connectivity index (χ0n) is 15.7. The van der Waals surface area contributed by atoms with Crippen molar-refractivity contribution in [3.8, 4) is 11.5 Å². The molecular weight excluding hydrogens is 386 g/mol. The van der Waals surface area contributed by atoms with Gasteiger partial charge in [-0.2, -0.15) is 0 Å². The highest BCUT2D eigenvalue weighted by Gasteiger charge is 2.26. The molecule has 2 aromatic carbocycles. The van der Waals surface area contributed by atoms with Crippen LogP contribution in [0.3, 0.4) is 0 Å². The van der Waals surface area contributed by atoms with Crippen LogP contribution in [-0.4, -0.2) is 38.5 Å². The van der Waals surface area contributed by atoms with Gasteiger partial charge >= 0.3 is 5.97 Å². The zero-order chi connectivity index (χ0) is 20.7. The van der Waals surface area contributed by atoms with Gasteiger partial charge < -0.3 is 19.5 Å². The lowest BCUT2D eigenvalue weighted by Crippen LogP contribution is -2.35. The van der Waals surface area contributed by atoms with Crippen molar-refractivity contribution in [2.24, 2.45) is 0 Å². The van der Waals surface area contributed by atoms with Crippen LogP contribution in [0.1, 0.15) is 33.2 Å². The van der Waals surface area contributed by atoms with Gasteiger partial charge in [-0.05, 0) is 30.7 Å². The van der Waals surface area contributed by atoms with E-state index >= 15 is 0 Å². The van der Waals surface area contributed by atoms with E-state index in [-0.39, 0.29) is 29.2 Å². The van der Waals surface area contributed by atoms with Crippen LogP contribution in [0.4, 0.5) is 0 Å². The van der Waals surface area contributed by atoms with Crippen molar-refractivity contribution < 1.29 is 28.6 Å². The van der Waals surface area contributed by atoms with E-state index in [9.17, 15) is 14.4 Å². The minimum Gasteiger partial charge on any atom is -0.493 e. The van der Waals surface area contributed by atoms with Crippen molar-refractivity contribution in [3.63, 3.8) is 0 Å². The first-order valence-electron chi connectivity index (χ1n) is 8.35. The molecule has 28 heavy (non-hydrogen) atoms. The molecule has 8 heteroatoms. The predicted molar refractivity (Wildman–Crippen MR) is 103 cm³/mol. The van der Waals surface area contributed by atoms with Crippen LogP contribution in [0, 0.1) is 0 Å². The Morgan fingerprint density at radius 2 is 1.86 bits per heavy atom. The number of hydrogen-bond donors (Lipinski definition) is 1. The third kappa shape index (κ3) is 4.80. The Morgan fingerprint density at radius 3 is 2.46 bits per heavy atom. The highest BCUT2D eigenvalue weighted by atomic mass is 35.5. The number of carbonyl (C=O) groups is 3. The van der Waals surface area contributed by atoms with Crippen molar-refractivity contribution in [3.05, 3.63) is 58.1 Å². The molecule has 1 amide bonds. The zero-order valence-corrected chi connectivity index (χ0v) is 16.4. The molecule has 0 aromatic heterocycles. The van der Waals surface area contributed by atoms with Gasteiger partial charge in [0.2, 0.25) is 0 Å².